The van der Waals surface area contributed by atoms with Crippen molar-refractivity contribution in [1.82, 2.24) is 0 Å². The first-order valence-corrected chi connectivity index (χ1v) is 9.21. The topological polar surface area (TPSA) is 78.9 Å². The molecule has 6 heteroatoms. The molecule has 6 nitrogen and oxygen atoms in total. The second kappa shape index (κ2) is 10.9. The highest BCUT2D eigenvalue weighted by atomic mass is 16.6. The van der Waals surface area contributed by atoms with Crippen LogP contribution in [-0.2, 0) is 28.6 Å². The van der Waals surface area contributed by atoms with E-state index in [2.05, 4.69) is 6.58 Å². The average molecular weight is 354 g/mol. The summed E-state index contributed by atoms with van der Waals surface area (Å²) >= 11 is 0. The zero-order valence-corrected chi connectivity index (χ0v) is 15.4. The number of unbranched alkanes of at least 4 members (excludes halogenated alkanes) is 2. The molecule has 1 aliphatic carbocycles. The molecule has 142 valence electrons. The van der Waals surface area contributed by atoms with Crippen molar-refractivity contribution >= 4 is 17.9 Å². The Morgan fingerprint density at radius 2 is 1.72 bits per heavy atom. The summed E-state index contributed by atoms with van der Waals surface area (Å²) in [5.41, 5.74) is -1.61. The third kappa shape index (κ3) is 5.87. The summed E-state index contributed by atoms with van der Waals surface area (Å²) in [6, 6.07) is 0. The third-order valence-corrected chi connectivity index (χ3v) is 4.41. The highest BCUT2D eigenvalue weighted by Gasteiger charge is 2.55. The predicted octanol–water partition coefficient (Wildman–Crippen LogP) is 3.33. The largest absolute Gasteiger partial charge is 0.465 e. The number of carbonyl (C=O) groups is 3. The lowest BCUT2D eigenvalue weighted by molar-refractivity contribution is -0.198. The molecule has 2 atom stereocenters. The van der Waals surface area contributed by atoms with E-state index in [-0.39, 0.29) is 13.0 Å². The molecule has 1 saturated carbocycles. The molecule has 0 radical (unpaired) electrons. The maximum Gasteiger partial charge on any atom is 0.351 e. The van der Waals surface area contributed by atoms with Gasteiger partial charge in [0.15, 0.2) is 0 Å². The quantitative estimate of drug-likeness (QED) is 0.259. The molecule has 0 aromatic heterocycles. The van der Waals surface area contributed by atoms with E-state index < -0.39 is 29.4 Å². The Labute approximate surface area is 149 Å². The lowest BCUT2D eigenvalue weighted by Crippen LogP contribution is -2.55. The summed E-state index contributed by atoms with van der Waals surface area (Å²) in [7, 11) is 0. The SMILES string of the molecule is C=CC(=O)OC1(C(=O)OCCCC)CCCCC1C(=O)OCCCC. The van der Waals surface area contributed by atoms with E-state index in [9.17, 15) is 14.4 Å². The Bertz CT molecular complexity index is 473. The molecule has 0 bridgehead atoms. The van der Waals surface area contributed by atoms with Crippen molar-refractivity contribution in [2.45, 2.75) is 70.8 Å². The minimum absolute atomic E-state index is 0.236. The Morgan fingerprint density at radius 3 is 2.32 bits per heavy atom. The molecule has 0 aliphatic heterocycles. The second-order valence-corrected chi connectivity index (χ2v) is 6.32. The van der Waals surface area contributed by atoms with Crippen LogP contribution in [0.2, 0.25) is 0 Å². The van der Waals surface area contributed by atoms with Crippen LogP contribution in [0.25, 0.3) is 0 Å². The van der Waals surface area contributed by atoms with E-state index in [0.717, 1.165) is 31.8 Å². The van der Waals surface area contributed by atoms with Gasteiger partial charge in [-0.25, -0.2) is 9.59 Å². The van der Waals surface area contributed by atoms with Gasteiger partial charge in [0, 0.05) is 6.08 Å². The molecule has 2 unspecified atom stereocenters. The predicted molar refractivity (Wildman–Crippen MR) is 92.7 cm³/mol. The number of hydrogen-bond donors (Lipinski definition) is 0. The minimum Gasteiger partial charge on any atom is -0.465 e. The van der Waals surface area contributed by atoms with Crippen molar-refractivity contribution in [1.29, 1.82) is 0 Å². The fourth-order valence-corrected chi connectivity index (χ4v) is 2.93. The van der Waals surface area contributed by atoms with Gasteiger partial charge < -0.3 is 14.2 Å². The van der Waals surface area contributed by atoms with Gasteiger partial charge in [0.05, 0.1) is 13.2 Å². The Balaban J connectivity index is 3.01. The van der Waals surface area contributed by atoms with E-state index >= 15 is 0 Å². The van der Waals surface area contributed by atoms with Gasteiger partial charge in [-0.2, -0.15) is 0 Å². The molecule has 1 fully saturated rings. The standard InChI is InChI=1S/C19H30O6/c1-4-7-13-23-17(21)15-11-9-10-12-19(15,25-16(20)6-3)18(22)24-14-8-5-2/h6,15H,3-5,7-14H2,1-2H3. The summed E-state index contributed by atoms with van der Waals surface area (Å²) in [5.74, 6) is -2.73. The molecule has 0 spiro atoms. The maximum atomic E-state index is 12.7. The summed E-state index contributed by atoms with van der Waals surface area (Å²) in [6.45, 7) is 7.89. The van der Waals surface area contributed by atoms with E-state index in [0.29, 0.717) is 25.9 Å². The van der Waals surface area contributed by atoms with Crippen molar-refractivity contribution < 1.29 is 28.6 Å². The fraction of sp³-hybridized carbons (Fsp3) is 0.737. The average Bonchev–Trinajstić information content (AvgIpc) is 2.62. The Kier molecular flexibility index (Phi) is 9.24. The van der Waals surface area contributed by atoms with Gasteiger partial charge in [-0.15, -0.1) is 0 Å². The first-order valence-electron chi connectivity index (χ1n) is 9.21. The van der Waals surface area contributed by atoms with Crippen molar-refractivity contribution in [3.05, 3.63) is 12.7 Å². The molecule has 0 heterocycles. The van der Waals surface area contributed by atoms with Crippen molar-refractivity contribution in [2.75, 3.05) is 13.2 Å². The molecule has 1 aliphatic rings. The zero-order valence-electron chi connectivity index (χ0n) is 15.4. The molecule has 0 aromatic carbocycles. The zero-order chi connectivity index (χ0) is 18.7. The van der Waals surface area contributed by atoms with Crippen LogP contribution in [0.5, 0.6) is 0 Å². The molecular weight excluding hydrogens is 324 g/mol. The Morgan fingerprint density at radius 1 is 1.08 bits per heavy atom. The van der Waals surface area contributed by atoms with Crippen LogP contribution in [0.3, 0.4) is 0 Å². The van der Waals surface area contributed by atoms with Crippen LogP contribution in [0.15, 0.2) is 12.7 Å². The fourth-order valence-electron chi connectivity index (χ4n) is 2.93. The number of rotatable bonds is 10. The van der Waals surface area contributed by atoms with Crippen LogP contribution >= 0.6 is 0 Å². The van der Waals surface area contributed by atoms with E-state index in [1.54, 1.807) is 0 Å². The van der Waals surface area contributed by atoms with Crippen molar-refractivity contribution in [3.63, 3.8) is 0 Å². The molecule has 1 rings (SSSR count). The van der Waals surface area contributed by atoms with Gasteiger partial charge in [-0.3, -0.25) is 4.79 Å². The first-order chi connectivity index (χ1) is 12.0. The third-order valence-electron chi connectivity index (χ3n) is 4.41. The highest BCUT2D eigenvalue weighted by molar-refractivity contribution is 5.92. The summed E-state index contributed by atoms with van der Waals surface area (Å²) in [4.78, 5) is 37.1. The second-order valence-electron chi connectivity index (χ2n) is 6.32. The highest BCUT2D eigenvalue weighted by Crippen LogP contribution is 2.39. The molecule has 0 amide bonds. The van der Waals surface area contributed by atoms with Crippen LogP contribution in [0.4, 0.5) is 0 Å². The van der Waals surface area contributed by atoms with Gasteiger partial charge >= 0.3 is 17.9 Å². The lowest BCUT2D eigenvalue weighted by Gasteiger charge is -2.39. The number of ether oxygens (including phenoxy) is 3. The van der Waals surface area contributed by atoms with Crippen LogP contribution in [0.1, 0.15) is 65.2 Å². The molecule has 0 aromatic rings. The van der Waals surface area contributed by atoms with Crippen molar-refractivity contribution in [3.8, 4) is 0 Å². The van der Waals surface area contributed by atoms with Crippen LogP contribution in [-0.4, -0.2) is 36.7 Å². The first kappa shape index (κ1) is 21.2. The van der Waals surface area contributed by atoms with E-state index in [1.165, 1.54) is 0 Å². The molecule has 0 N–H and O–H groups in total. The number of carbonyl (C=O) groups excluding carboxylic acids is 3. The molecule has 25 heavy (non-hydrogen) atoms. The monoisotopic (exact) mass is 354 g/mol. The lowest BCUT2D eigenvalue weighted by atomic mass is 9.75. The number of hydrogen-bond acceptors (Lipinski definition) is 6. The van der Waals surface area contributed by atoms with Gasteiger partial charge in [0.25, 0.3) is 0 Å². The molecule has 0 saturated heterocycles. The van der Waals surface area contributed by atoms with Crippen LogP contribution < -0.4 is 0 Å². The van der Waals surface area contributed by atoms with E-state index in [1.807, 2.05) is 13.8 Å². The summed E-state index contributed by atoms with van der Waals surface area (Å²) in [6.07, 6.45) is 6.35. The van der Waals surface area contributed by atoms with Gasteiger partial charge in [-0.05, 0) is 32.1 Å². The number of esters is 3. The van der Waals surface area contributed by atoms with E-state index in [4.69, 9.17) is 14.2 Å². The summed E-state index contributed by atoms with van der Waals surface area (Å²) in [5, 5.41) is 0. The normalized spacial score (nSPS) is 22.7. The van der Waals surface area contributed by atoms with Crippen molar-refractivity contribution in [2.24, 2.45) is 5.92 Å². The van der Waals surface area contributed by atoms with Gasteiger partial charge in [0.2, 0.25) is 5.60 Å². The minimum atomic E-state index is -1.61. The Hall–Kier alpha value is -1.85. The molecular formula is C19H30O6. The summed E-state index contributed by atoms with van der Waals surface area (Å²) < 4.78 is 16.1. The maximum absolute atomic E-state index is 12.7. The van der Waals surface area contributed by atoms with Crippen LogP contribution in [0, 0.1) is 5.92 Å². The smallest absolute Gasteiger partial charge is 0.351 e. The van der Waals surface area contributed by atoms with Gasteiger partial charge in [-0.1, -0.05) is 39.7 Å². The van der Waals surface area contributed by atoms with Gasteiger partial charge in [0.1, 0.15) is 5.92 Å².